The van der Waals surface area contributed by atoms with Crippen molar-refractivity contribution in [2.75, 3.05) is 25.0 Å². The van der Waals surface area contributed by atoms with Crippen LogP contribution in [0.5, 0.6) is 0 Å². The lowest BCUT2D eigenvalue weighted by Crippen LogP contribution is -2.46. The molecule has 2 fully saturated rings. The third-order valence-corrected chi connectivity index (χ3v) is 6.25. The quantitative estimate of drug-likeness (QED) is 0.870. The third-order valence-electron chi connectivity index (χ3n) is 5.13. The summed E-state index contributed by atoms with van der Waals surface area (Å²) in [6, 6.07) is 11.7. The smallest absolute Gasteiger partial charge is 0.261 e. The van der Waals surface area contributed by atoms with Crippen molar-refractivity contribution in [2.24, 2.45) is 5.92 Å². The van der Waals surface area contributed by atoms with E-state index < -0.39 is 0 Å². The Hall–Kier alpha value is -2.18. The molecule has 26 heavy (non-hydrogen) atoms. The lowest BCUT2D eigenvalue weighted by atomic mass is 9.97. The van der Waals surface area contributed by atoms with Gasteiger partial charge in [0.05, 0.1) is 4.88 Å². The number of piperidine rings is 1. The van der Waals surface area contributed by atoms with Crippen LogP contribution >= 0.6 is 11.3 Å². The van der Waals surface area contributed by atoms with E-state index in [1.165, 1.54) is 37.8 Å². The number of para-hydroxylation sites is 1. The molecule has 0 spiro atoms. The fraction of sp³-hybridized carbons (Fsp3) is 0.400. The summed E-state index contributed by atoms with van der Waals surface area (Å²) in [5.41, 5.74) is 1.71. The van der Waals surface area contributed by atoms with Crippen LogP contribution in [0.25, 0.3) is 10.4 Å². The second kappa shape index (κ2) is 7.21. The predicted octanol–water partition coefficient (Wildman–Crippen LogP) is 3.20. The minimum Gasteiger partial charge on any atom is -0.347 e. The zero-order valence-corrected chi connectivity index (χ0v) is 15.6. The largest absolute Gasteiger partial charge is 0.347 e. The number of amides is 2. The molecule has 2 aliphatic rings. The Morgan fingerprint density at radius 2 is 2.00 bits per heavy atom. The SMILES string of the molecule is CC(=O)Nc1ccccc1-c1ccc(C(=O)N[C@@H]2C[C@H]3CCN(C3)C2)s1. The van der Waals surface area contributed by atoms with Crippen molar-refractivity contribution in [3.05, 3.63) is 41.3 Å². The highest BCUT2D eigenvalue weighted by Crippen LogP contribution is 2.34. The Balaban J connectivity index is 1.48. The second-order valence-electron chi connectivity index (χ2n) is 7.21. The average molecular weight is 369 g/mol. The van der Waals surface area contributed by atoms with Gasteiger partial charge in [-0.05, 0) is 43.5 Å². The molecule has 1 aromatic carbocycles. The van der Waals surface area contributed by atoms with Crippen molar-refractivity contribution in [3.63, 3.8) is 0 Å². The second-order valence-corrected chi connectivity index (χ2v) is 8.29. The minimum absolute atomic E-state index is 0.00533. The van der Waals surface area contributed by atoms with Gasteiger partial charge in [-0.2, -0.15) is 0 Å². The van der Waals surface area contributed by atoms with Crippen molar-refractivity contribution in [2.45, 2.75) is 25.8 Å². The van der Waals surface area contributed by atoms with Crippen LogP contribution < -0.4 is 10.6 Å². The van der Waals surface area contributed by atoms with E-state index in [1.54, 1.807) is 0 Å². The highest BCUT2D eigenvalue weighted by atomic mass is 32.1. The van der Waals surface area contributed by atoms with E-state index in [-0.39, 0.29) is 17.9 Å². The van der Waals surface area contributed by atoms with Gasteiger partial charge in [0.15, 0.2) is 0 Å². The molecule has 6 heteroatoms. The van der Waals surface area contributed by atoms with Gasteiger partial charge in [0.2, 0.25) is 5.91 Å². The molecule has 2 N–H and O–H groups in total. The first-order chi connectivity index (χ1) is 12.6. The molecule has 5 nitrogen and oxygen atoms in total. The standard InChI is InChI=1S/C20H23N3O2S/c1-13(24)21-17-5-3-2-4-16(17)18-6-7-19(26-18)20(25)22-15-10-14-8-9-23(11-14)12-15/h2-7,14-15H,8-12H2,1H3,(H,21,24)(H,22,25)/t14-,15-/m1/s1. The zero-order chi connectivity index (χ0) is 18.1. The highest BCUT2D eigenvalue weighted by Gasteiger charge is 2.33. The van der Waals surface area contributed by atoms with Crippen LogP contribution in [0.4, 0.5) is 5.69 Å². The minimum atomic E-state index is -0.103. The van der Waals surface area contributed by atoms with Gasteiger partial charge in [-0.1, -0.05) is 18.2 Å². The molecule has 2 amide bonds. The van der Waals surface area contributed by atoms with Gasteiger partial charge in [0.1, 0.15) is 0 Å². The fourth-order valence-corrected chi connectivity index (χ4v) is 4.97. The number of fused-ring (bicyclic) bond motifs is 2. The summed E-state index contributed by atoms with van der Waals surface area (Å²) in [6.45, 7) is 4.82. The first-order valence-corrected chi connectivity index (χ1v) is 9.90. The Morgan fingerprint density at radius 1 is 1.15 bits per heavy atom. The van der Waals surface area contributed by atoms with Gasteiger partial charge in [0, 0.05) is 42.2 Å². The maximum absolute atomic E-state index is 12.7. The van der Waals surface area contributed by atoms with Crippen LogP contribution in [-0.2, 0) is 4.79 Å². The summed E-state index contributed by atoms with van der Waals surface area (Å²) >= 11 is 1.46. The predicted molar refractivity (Wildman–Crippen MR) is 104 cm³/mol. The third kappa shape index (κ3) is 3.66. The van der Waals surface area contributed by atoms with Crippen LogP contribution in [-0.4, -0.2) is 42.4 Å². The molecule has 1 unspecified atom stereocenters. The van der Waals surface area contributed by atoms with E-state index in [4.69, 9.17) is 0 Å². The maximum atomic E-state index is 12.7. The first kappa shape index (κ1) is 17.2. The molecule has 0 saturated carbocycles. The molecule has 2 aliphatic heterocycles. The van der Waals surface area contributed by atoms with Crippen molar-refractivity contribution >= 4 is 28.8 Å². The van der Waals surface area contributed by atoms with Crippen LogP contribution in [0.2, 0.25) is 0 Å². The maximum Gasteiger partial charge on any atom is 0.261 e. The van der Waals surface area contributed by atoms with E-state index in [9.17, 15) is 9.59 Å². The Bertz CT molecular complexity index is 820. The number of rotatable bonds is 4. The van der Waals surface area contributed by atoms with Crippen LogP contribution in [0.1, 0.15) is 29.4 Å². The Kier molecular flexibility index (Phi) is 4.78. The number of benzene rings is 1. The summed E-state index contributed by atoms with van der Waals surface area (Å²) in [7, 11) is 0. The number of nitrogens with one attached hydrogen (secondary N) is 2. The summed E-state index contributed by atoms with van der Waals surface area (Å²) in [6.07, 6.45) is 2.35. The first-order valence-electron chi connectivity index (χ1n) is 9.08. The van der Waals surface area contributed by atoms with Crippen LogP contribution in [0.15, 0.2) is 36.4 Å². The lowest BCUT2D eigenvalue weighted by Gasteiger charge is -2.30. The molecular weight excluding hydrogens is 346 g/mol. The number of anilines is 1. The number of hydrogen-bond donors (Lipinski definition) is 2. The molecule has 0 aliphatic carbocycles. The van der Waals surface area contributed by atoms with E-state index in [2.05, 4.69) is 15.5 Å². The Morgan fingerprint density at radius 3 is 2.81 bits per heavy atom. The van der Waals surface area contributed by atoms with Crippen molar-refractivity contribution in [3.8, 4) is 10.4 Å². The molecule has 2 bridgehead atoms. The zero-order valence-electron chi connectivity index (χ0n) is 14.8. The van der Waals surface area contributed by atoms with Gasteiger partial charge >= 0.3 is 0 Å². The van der Waals surface area contributed by atoms with Crippen molar-refractivity contribution in [1.82, 2.24) is 10.2 Å². The van der Waals surface area contributed by atoms with Crippen molar-refractivity contribution < 1.29 is 9.59 Å². The molecule has 3 heterocycles. The summed E-state index contributed by atoms with van der Waals surface area (Å²) in [5.74, 6) is 0.636. The van der Waals surface area contributed by atoms with E-state index >= 15 is 0 Å². The number of carbonyl (C=O) groups is 2. The average Bonchev–Trinajstić information content (AvgIpc) is 3.22. The molecule has 3 atom stereocenters. The van der Waals surface area contributed by atoms with Gasteiger partial charge < -0.3 is 15.5 Å². The summed E-state index contributed by atoms with van der Waals surface area (Å²) < 4.78 is 0. The molecule has 1 aromatic heterocycles. The van der Waals surface area contributed by atoms with E-state index in [1.807, 2.05) is 36.4 Å². The van der Waals surface area contributed by atoms with Gasteiger partial charge in [-0.15, -0.1) is 11.3 Å². The number of hydrogen-bond acceptors (Lipinski definition) is 4. The topological polar surface area (TPSA) is 61.4 Å². The fourth-order valence-electron chi connectivity index (χ4n) is 4.02. The molecular formula is C20H23N3O2S. The lowest BCUT2D eigenvalue weighted by molar-refractivity contribution is -0.114. The van der Waals surface area contributed by atoms with E-state index in [0.717, 1.165) is 35.0 Å². The molecule has 2 saturated heterocycles. The van der Waals surface area contributed by atoms with Gasteiger partial charge in [0.25, 0.3) is 5.91 Å². The van der Waals surface area contributed by atoms with Crippen LogP contribution in [0.3, 0.4) is 0 Å². The van der Waals surface area contributed by atoms with E-state index in [0.29, 0.717) is 4.88 Å². The monoisotopic (exact) mass is 369 g/mol. The molecule has 4 rings (SSSR count). The summed E-state index contributed by atoms with van der Waals surface area (Å²) in [4.78, 5) is 28.2. The molecule has 2 aromatic rings. The number of thiophene rings is 1. The van der Waals surface area contributed by atoms with Crippen LogP contribution in [0, 0.1) is 5.92 Å². The van der Waals surface area contributed by atoms with Crippen molar-refractivity contribution in [1.29, 1.82) is 0 Å². The number of nitrogens with zero attached hydrogens (tertiary/aromatic N) is 1. The normalized spacial score (nSPS) is 24.3. The van der Waals surface area contributed by atoms with Gasteiger partial charge in [-0.25, -0.2) is 0 Å². The highest BCUT2D eigenvalue weighted by molar-refractivity contribution is 7.17. The molecule has 0 radical (unpaired) electrons. The summed E-state index contributed by atoms with van der Waals surface area (Å²) in [5, 5.41) is 6.06. The Labute approximate surface area is 157 Å². The molecule has 136 valence electrons. The number of carbonyl (C=O) groups excluding carboxylic acids is 2. The van der Waals surface area contributed by atoms with Gasteiger partial charge in [-0.3, -0.25) is 9.59 Å².